The molecule has 6 N–H and O–H groups in total. The summed E-state index contributed by atoms with van der Waals surface area (Å²) in [6.45, 7) is 0.750. The molecule has 1 heterocycles. The van der Waals surface area contributed by atoms with Crippen molar-refractivity contribution in [1.82, 2.24) is 20.3 Å². The van der Waals surface area contributed by atoms with E-state index in [1.165, 1.54) is 19.3 Å². The van der Waals surface area contributed by atoms with E-state index in [1.807, 2.05) is 24.3 Å². The Morgan fingerprint density at radius 3 is 2.62 bits per heavy atom. The van der Waals surface area contributed by atoms with Gasteiger partial charge in [-0.3, -0.25) is 9.78 Å². The SMILES string of the molecule is NS(=O)(=O)NCCCCC(NC(=O)NCC1CCCCC1)C(=O)Nc1cccc2cccnc12. The maximum Gasteiger partial charge on any atom is 0.315 e. The molecule has 0 saturated heterocycles. The summed E-state index contributed by atoms with van der Waals surface area (Å²) in [5.41, 5.74) is 1.23. The van der Waals surface area contributed by atoms with Crippen LogP contribution in [0.4, 0.5) is 10.5 Å². The van der Waals surface area contributed by atoms with Crippen molar-refractivity contribution in [2.45, 2.75) is 57.4 Å². The van der Waals surface area contributed by atoms with Gasteiger partial charge in [0.15, 0.2) is 0 Å². The van der Waals surface area contributed by atoms with Gasteiger partial charge in [0.1, 0.15) is 6.04 Å². The number of nitrogens with two attached hydrogens (primary N) is 1. The van der Waals surface area contributed by atoms with E-state index >= 15 is 0 Å². The molecule has 1 aliphatic rings. The van der Waals surface area contributed by atoms with Crippen LogP contribution in [0.1, 0.15) is 51.4 Å². The van der Waals surface area contributed by atoms with Crippen LogP contribution in [0.5, 0.6) is 0 Å². The summed E-state index contributed by atoms with van der Waals surface area (Å²) in [5.74, 6) is 0.114. The first-order valence-corrected chi connectivity index (χ1v) is 13.3. The summed E-state index contributed by atoms with van der Waals surface area (Å²) in [4.78, 5) is 30.0. The monoisotopic (exact) mass is 490 g/mol. The smallest absolute Gasteiger partial charge is 0.315 e. The molecule has 186 valence electrons. The van der Waals surface area contributed by atoms with Gasteiger partial charge in [-0.15, -0.1) is 0 Å². The first kappa shape index (κ1) is 25.9. The van der Waals surface area contributed by atoms with E-state index in [0.717, 1.165) is 18.2 Å². The Balaban J connectivity index is 1.60. The van der Waals surface area contributed by atoms with Crippen LogP contribution in [0.15, 0.2) is 36.5 Å². The number of hydrogen-bond acceptors (Lipinski definition) is 5. The number of anilines is 1. The van der Waals surface area contributed by atoms with Gasteiger partial charge in [0.05, 0.1) is 11.2 Å². The minimum Gasteiger partial charge on any atom is -0.338 e. The van der Waals surface area contributed by atoms with E-state index in [9.17, 15) is 18.0 Å². The van der Waals surface area contributed by atoms with Crippen LogP contribution >= 0.6 is 0 Å². The van der Waals surface area contributed by atoms with Crippen LogP contribution < -0.4 is 25.8 Å². The third-order valence-corrected chi connectivity index (χ3v) is 6.62. The fraction of sp³-hybridized carbons (Fsp3) is 0.522. The molecular formula is C23H34N6O4S. The minimum absolute atomic E-state index is 0.161. The average molecular weight is 491 g/mol. The normalized spacial score (nSPS) is 15.6. The second-order valence-corrected chi connectivity index (χ2v) is 10.1. The summed E-state index contributed by atoms with van der Waals surface area (Å²) in [7, 11) is -3.76. The fourth-order valence-electron chi connectivity index (χ4n) is 4.22. The Labute approximate surface area is 200 Å². The highest BCUT2D eigenvalue weighted by molar-refractivity contribution is 7.87. The zero-order valence-corrected chi connectivity index (χ0v) is 20.1. The van der Waals surface area contributed by atoms with Crippen molar-refractivity contribution in [2.75, 3.05) is 18.4 Å². The van der Waals surface area contributed by atoms with Gasteiger partial charge in [-0.05, 0) is 50.2 Å². The van der Waals surface area contributed by atoms with Crippen molar-refractivity contribution in [1.29, 1.82) is 0 Å². The van der Waals surface area contributed by atoms with Gasteiger partial charge >= 0.3 is 6.03 Å². The van der Waals surface area contributed by atoms with Crippen LogP contribution in [0.2, 0.25) is 0 Å². The Bertz CT molecular complexity index is 1070. The second-order valence-electron chi connectivity index (χ2n) is 8.72. The lowest BCUT2D eigenvalue weighted by Crippen LogP contribution is -2.49. The molecular weight excluding hydrogens is 456 g/mol. The molecule has 1 unspecified atom stereocenters. The number of pyridine rings is 1. The number of para-hydroxylation sites is 1. The van der Waals surface area contributed by atoms with E-state index in [4.69, 9.17) is 5.14 Å². The quantitative estimate of drug-likeness (QED) is 0.306. The average Bonchev–Trinajstić information content (AvgIpc) is 2.82. The number of carbonyl (C=O) groups excluding carboxylic acids is 2. The Morgan fingerprint density at radius 1 is 1.09 bits per heavy atom. The molecule has 1 aromatic heterocycles. The number of nitrogens with zero attached hydrogens (tertiary/aromatic N) is 1. The number of amides is 3. The lowest BCUT2D eigenvalue weighted by atomic mass is 9.89. The highest BCUT2D eigenvalue weighted by atomic mass is 32.2. The Morgan fingerprint density at radius 2 is 1.85 bits per heavy atom. The number of carbonyl (C=O) groups is 2. The highest BCUT2D eigenvalue weighted by Gasteiger charge is 2.22. The summed E-state index contributed by atoms with van der Waals surface area (Å²) >= 11 is 0. The number of benzene rings is 1. The molecule has 0 aliphatic heterocycles. The van der Waals surface area contributed by atoms with E-state index < -0.39 is 16.3 Å². The van der Waals surface area contributed by atoms with Gasteiger partial charge in [-0.2, -0.15) is 8.42 Å². The number of fused-ring (bicyclic) bond motifs is 1. The predicted octanol–water partition coefficient (Wildman–Crippen LogP) is 2.38. The fourth-order valence-corrected chi connectivity index (χ4v) is 4.65. The van der Waals surface area contributed by atoms with Crippen LogP contribution in [0.25, 0.3) is 10.9 Å². The third-order valence-electron chi connectivity index (χ3n) is 6.01. The standard InChI is InChI=1S/C23H34N6O4S/c24-34(32,33)27-15-5-4-12-20(29-23(31)26-16-17-8-2-1-3-9-17)22(30)28-19-13-6-10-18-11-7-14-25-21(18)19/h6-7,10-11,13-14,17,20,27H,1-5,8-9,12,15-16H2,(H,28,30)(H2,24,32,33)(H2,26,29,31). The minimum atomic E-state index is -3.76. The van der Waals surface area contributed by atoms with Gasteiger partial charge < -0.3 is 16.0 Å². The number of nitrogens with one attached hydrogen (secondary N) is 4. The van der Waals surface area contributed by atoms with Crippen molar-refractivity contribution >= 4 is 38.7 Å². The van der Waals surface area contributed by atoms with E-state index in [2.05, 4.69) is 25.7 Å². The first-order chi connectivity index (χ1) is 16.3. The van der Waals surface area contributed by atoms with E-state index in [-0.39, 0.29) is 18.5 Å². The molecule has 11 heteroatoms. The topological polar surface area (TPSA) is 155 Å². The van der Waals surface area contributed by atoms with Crippen LogP contribution in [-0.2, 0) is 15.0 Å². The zero-order valence-electron chi connectivity index (χ0n) is 19.3. The molecule has 34 heavy (non-hydrogen) atoms. The van der Waals surface area contributed by atoms with Crippen LogP contribution in [0.3, 0.4) is 0 Å². The summed E-state index contributed by atoms with van der Waals surface area (Å²) < 4.78 is 24.3. The lowest BCUT2D eigenvalue weighted by Gasteiger charge is -2.23. The van der Waals surface area contributed by atoms with E-state index in [1.54, 1.807) is 12.3 Å². The molecule has 1 fully saturated rings. The highest BCUT2D eigenvalue weighted by Crippen LogP contribution is 2.23. The first-order valence-electron chi connectivity index (χ1n) is 11.8. The molecule has 1 atom stereocenters. The van der Waals surface area contributed by atoms with E-state index in [0.29, 0.717) is 42.9 Å². The molecule has 1 aliphatic carbocycles. The van der Waals surface area contributed by atoms with Gasteiger partial charge in [0.2, 0.25) is 5.91 Å². The number of hydrogen-bond donors (Lipinski definition) is 5. The maximum atomic E-state index is 13.1. The van der Waals surface area contributed by atoms with Crippen molar-refractivity contribution in [3.63, 3.8) is 0 Å². The molecule has 3 amide bonds. The maximum absolute atomic E-state index is 13.1. The largest absolute Gasteiger partial charge is 0.338 e. The van der Waals surface area contributed by atoms with Crippen molar-refractivity contribution in [2.24, 2.45) is 11.1 Å². The van der Waals surface area contributed by atoms with Gasteiger partial charge in [0, 0.05) is 24.7 Å². The Hall–Kier alpha value is -2.76. The summed E-state index contributed by atoms with van der Waals surface area (Å²) in [6.07, 6.45) is 8.81. The molecule has 0 radical (unpaired) electrons. The van der Waals surface area contributed by atoms with Crippen LogP contribution in [-0.4, -0.2) is 44.5 Å². The third kappa shape index (κ3) is 8.54. The number of aromatic nitrogens is 1. The van der Waals surface area contributed by atoms with Crippen LogP contribution in [0, 0.1) is 5.92 Å². The van der Waals surface area contributed by atoms with Gasteiger partial charge in [-0.1, -0.05) is 37.5 Å². The van der Waals surface area contributed by atoms with Crippen molar-refractivity contribution in [3.05, 3.63) is 36.5 Å². The predicted molar refractivity (Wildman–Crippen MR) is 132 cm³/mol. The summed E-state index contributed by atoms with van der Waals surface area (Å²) in [5, 5.41) is 14.4. The van der Waals surface area contributed by atoms with Crippen molar-refractivity contribution < 1.29 is 18.0 Å². The number of urea groups is 1. The van der Waals surface area contributed by atoms with Crippen molar-refractivity contribution in [3.8, 4) is 0 Å². The second kappa shape index (κ2) is 12.6. The van der Waals surface area contributed by atoms with Gasteiger partial charge in [-0.25, -0.2) is 14.7 Å². The molecule has 0 bridgehead atoms. The Kier molecular flexibility index (Phi) is 9.61. The number of rotatable bonds is 11. The molecule has 2 aromatic rings. The molecule has 10 nitrogen and oxygen atoms in total. The number of unbranched alkanes of at least 4 members (excludes halogenated alkanes) is 1. The molecule has 3 rings (SSSR count). The molecule has 1 aromatic carbocycles. The molecule has 1 saturated carbocycles. The molecule has 0 spiro atoms. The summed E-state index contributed by atoms with van der Waals surface area (Å²) in [6, 6.07) is 8.06. The zero-order chi connectivity index (χ0) is 24.4. The lowest BCUT2D eigenvalue weighted by molar-refractivity contribution is -0.118. The van der Waals surface area contributed by atoms with Gasteiger partial charge in [0.25, 0.3) is 10.2 Å².